The smallest absolute Gasteiger partial charge is 0.0893 e. The van der Waals surface area contributed by atoms with Crippen molar-refractivity contribution in [2.45, 2.75) is 19.6 Å². The van der Waals surface area contributed by atoms with Gasteiger partial charge in [0.1, 0.15) is 8.80 Å². The molecule has 0 aliphatic carbocycles. The van der Waals surface area contributed by atoms with Gasteiger partial charge in [0.15, 0.2) is 0 Å². The van der Waals surface area contributed by atoms with E-state index in [0.717, 1.165) is 11.1 Å². The predicted molar refractivity (Wildman–Crippen MR) is 158 cm³/mol. The van der Waals surface area contributed by atoms with Gasteiger partial charge >= 0.3 is 0 Å². The first-order chi connectivity index (χ1) is 18.7. The van der Waals surface area contributed by atoms with Crippen LogP contribution in [0.15, 0.2) is 119 Å². The largest absolute Gasteiger partial charge is 0.103 e. The van der Waals surface area contributed by atoms with Gasteiger partial charge in [0.2, 0.25) is 0 Å². The van der Waals surface area contributed by atoms with Gasteiger partial charge in [0.25, 0.3) is 0 Å². The molecule has 38 heavy (non-hydrogen) atoms. The van der Waals surface area contributed by atoms with Gasteiger partial charge in [0.05, 0.1) is 13.1 Å². The number of azide groups is 2. The maximum absolute atomic E-state index is 8.71. The molecule has 5 rings (SSSR count). The van der Waals surface area contributed by atoms with Crippen molar-refractivity contribution in [2.75, 3.05) is 0 Å². The molecule has 0 aromatic heterocycles. The molecule has 1 aliphatic heterocycles. The Hall–Kier alpha value is -4.80. The molecule has 0 bridgehead atoms. The highest BCUT2D eigenvalue weighted by atomic mass is 28.3. The summed E-state index contributed by atoms with van der Waals surface area (Å²) >= 11 is 0. The molecular formula is C31H26N6Si. The first kappa shape index (κ1) is 24.9. The molecule has 0 saturated heterocycles. The molecule has 0 N–H and O–H groups in total. The Labute approximate surface area is 223 Å². The minimum atomic E-state index is -1.67. The Morgan fingerprint density at radius 1 is 0.526 bits per heavy atom. The lowest BCUT2D eigenvalue weighted by atomic mass is 9.89. The van der Waals surface area contributed by atoms with Gasteiger partial charge < -0.3 is 0 Å². The molecule has 0 unspecified atom stereocenters. The van der Waals surface area contributed by atoms with Crippen LogP contribution in [0.25, 0.3) is 42.4 Å². The van der Waals surface area contributed by atoms with E-state index in [1.54, 1.807) is 0 Å². The molecule has 6 nitrogen and oxygen atoms in total. The highest BCUT2D eigenvalue weighted by molar-refractivity contribution is 6.99. The van der Waals surface area contributed by atoms with Crippen molar-refractivity contribution in [3.63, 3.8) is 0 Å². The second-order valence-electron chi connectivity index (χ2n) is 9.20. The summed E-state index contributed by atoms with van der Waals surface area (Å²) < 4.78 is 0. The number of hydrogen-bond acceptors (Lipinski definition) is 2. The van der Waals surface area contributed by atoms with E-state index in [1.807, 2.05) is 0 Å². The van der Waals surface area contributed by atoms with Crippen LogP contribution in [-0.2, 0) is 13.1 Å². The third-order valence-electron chi connectivity index (χ3n) is 6.94. The monoisotopic (exact) mass is 510 g/mol. The first-order valence-corrected chi connectivity index (χ1v) is 14.8. The second kappa shape index (κ2) is 11.5. The molecule has 7 heteroatoms. The van der Waals surface area contributed by atoms with E-state index in [9.17, 15) is 0 Å². The van der Waals surface area contributed by atoms with Gasteiger partial charge in [-0.25, -0.2) is 0 Å². The van der Waals surface area contributed by atoms with E-state index in [2.05, 4.69) is 136 Å². The summed E-state index contributed by atoms with van der Waals surface area (Å²) in [6.45, 7) is 3.09. The van der Waals surface area contributed by atoms with E-state index in [0.29, 0.717) is 13.1 Å². The molecule has 4 aromatic rings. The molecule has 184 valence electrons. The summed E-state index contributed by atoms with van der Waals surface area (Å²) in [5.41, 5.74) is 26.8. The van der Waals surface area contributed by atoms with Crippen LogP contribution in [0.5, 0.6) is 0 Å². The number of hydrogen-bond donors (Lipinski definition) is 0. The normalized spacial score (nSPS) is 14.7. The van der Waals surface area contributed by atoms with Gasteiger partial charge in [-0.3, -0.25) is 0 Å². The Morgan fingerprint density at radius 3 is 1.24 bits per heavy atom. The van der Waals surface area contributed by atoms with E-state index in [1.165, 1.54) is 43.8 Å². The zero-order valence-corrected chi connectivity index (χ0v) is 22.2. The predicted octanol–water partition coefficient (Wildman–Crippen LogP) is 8.78. The zero-order chi connectivity index (χ0) is 26.3. The maximum Gasteiger partial charge on any atom is 0.103 e. The molecular weight excluding hydrogens is 484 g/mol. The standard InChI is InChI=1S/C31H26N6Si/c1-38-30(26-16-12-22(13-17-26)20-34-36-32)28(24-8-4-2-5-9-24)29(25-10-6-3-7-11-25)31(38)27-18-14-23(15-19-27)21-35-37-33/h2-19,38H,20-21H2,1H3. The van der Waals surface area contributed by atoms with Crippen LogP contribution in [0.1, 0.15) is 33.4 Å². The third kappa shape index (κ3) is 5.03. The van der Waals surface area contributed by atoms with Crippen LogP contribution < -0.4 is 0 Å². The van der Waals surface area contributed by atoms with Crippen LogP contribution in [0.4, 0.5) is 0 Å². The average molecular weight is 511 g/mol. The Balaban J connectivity index is 1.73. The topological polar surface area (TPSA) is 97.5 Å². The summed E-state index contributed by atoms with van der Waals surface area (Å²) in [4.78, 5) is 5.79. The Bertz CT molecular complexity index is 1470. The fourth-order valence-corrected chi connectivity index (χ4v) is 8.41. The van der Waals surface area contributed by atoms with Crippen LogP contribution >= 0.6 is 0 Å². The van der Waals surface area contributed by atoms with Crippen LogP contribution in [0, 0.1) is 0 Å². The summed E-state index contributed by atoms with van der Waals surface area (Å²) in [6, 6.07) is 38.2. The lowest BCUT2D eigenvalue weighted by Gasteiger charge is -2.16. The lowest BCUT2D eigenvalue weighted by molar-refractivity contribution is 1.05. The van der Waals surface area contributed by atoms with E-state index in [4.69, 9.17) is 11.1 Å². The highest BCUT2D eigenvalue weighted by Gasteiger charge is 2.34. The van der Waals surface area contributed by atoms with Crippen molar-refractivity contribution in [3.8, 4) is 0 Å². The number of nitrogens with zero attached hydrogens (tertiary/aromatic N) is 6. The summed E-state index contributed by atoms with van der Waals surface area (Å²) in [5.74, 6) is 0. The molecule has 4 aromatic carbocycles. The quantitative estimate of drug-likeness (QED) is 0.0979. The second-order valence-corrected chi connectivity index (χ2v) is 11.8. The van der Waals surface area contributed by atoms with Crippen molar-refractivity contribution >= 4 is 30.3 Å². The summed E-state index contributed by atoms with van der Waals surface area (Å²) in [7, 11) is -1.67. The molecule has 0 saturated carbocycles. The Morgan fingerprint density at radius 2 is 0.895 bits per heavy atom. The third-order valence-corrected chi connectivity index (χ3v) is 9.92. The van der Waals surface area contributed by atoms with Crippen LogP contribution in [-0.4, -0.2) is 8.80 Å². The lowest BCUT2D eigenvalue weighted by Crippen LogP contribution is -2.11. The number of benzene rings is 4. The zero-order valence-electron chi connectivity index (χ0n) is 21.1. The molecule has 0 spiro atoms. The van der Waals surface area contributed by atoms with Crippen molar-refractivity contribution in [3.05, 3.63) is 163 Å². The van der Waals surface area contributed by atoms with E-state index in [-0.39, 0.29) is 0 Å². The van der Waals surface area contributed by atoms with Crippen LogP contribution in [0.2, 0.25) is 6.55 Å². The molecule has 0 atom stereocenters. The van der Waals surface area contributed by atoms with E-state index >= 15 is 0 Å². The fourth-order valence-electron chi connectivity index (χ4n) is 5.25. The SMILES string of the molecule is C[SiH]1C(c2ccc(CN=[N+]=[N-])cc2)=C(c2ccccc2)C(c2ccccc2)=C1c1ccc(CN=[N+]=[N-])cc1. The van der Waals surface area contributed by atoms with Crippen molar-refractivity contribution in [1.29, 1.82) is 0 Å². The van der Waals surface area contributed by atoms with Gasteiger partial charge in [0, 0.05) is 9.82 Å². The Kier molecular flexibility index (Phi) is 7.53. The molecule has 1 aliphatic rings. The summed E-state index contributed by atoms with van der Waals surface area (Å²) in [6.07, 6.45) is 0. The minimum absolute atomic E-state index is 0.343. The van der Waals surface area contributed by atoms with Gasteiger partial charge in [-0.15, -0.1) is 0 Å². The first-order valence-electron chi connectivity index (χ1n) is 12.5. The van der Waals surface area contributed by atoms with Gasteiger partial charge in [-0.05, 0) is 66.0 Å². The van der Waals surface area contributed by atoms with Crippen molar-refractivity contribution in [2.24, 2.45) is 10.2 Å². The average Bonchev–Trinajstić information content (AvgIpc) is 3.29. The molecule has 0 radical (unpaired) electrons. The minimum Gasteiger partial charge on any atom is -0.0893 e. The highest BCUT2D eigenvalue weighted by Crippen LogP contribution is 2.50. The van der Waals surface area contributed by atoms with E-state index < -0.39 is 8.80 Å². The maximum atomic E-state index is 8.71. The van der Waals surface area contributed by atoms with Crippen LogP contribution in [0.3, 0.4) is 0 Å². The van der Waals surface area contributed by atoms with Gasteiger partial charge in [-0.2, -0.15) is 0 Å². The summed E-state index contributed by atoms with van der Waals surface area (Å²) in [5, 5.41) is 10.2. The fraction of sp³-hybridized carbons (Fsp3) is 0.0968. The number of allylic oxidation sites excluding steroid dienone is 2. The van der Waals surface area contributed by atoms with Crippen molar-refractivity contribution < 1.29 is 0 Å². The molecule has 1 heterocycles. The molecule has 0 fully saturated rings. The van der Waals surface area contributed by atoms with Gasteiger partial charge in [-0.1, -0.05) is 126 Å². The van der Waals surface area contributed by atoms with Crippen molar-refractivity contribution in [1.82, 2.24) is 0 Å². The molecule has 0 amide bonds. The number of rotatable bonds is 8.